The number of benzene rings is 1. The van der Waals surface area contributed by atoms with Crippen molar-refractivity contribution < 1.29 is 9.18 Å². The van der Waals surface area contributed by atoms with E-state index in [2.05, 4.69) is 12.6 Å². The number of rotatable bonds is 1. The molecule has 1 saturated heterocycles. The van der Waals surface area contributed by atoms with E-state index in [0.717, 1.165) is 0 Å². The van der Waals surface area contributed by atoms with Crippen LogP contribution in [0.5, 0.6) is 0 Å². The van der Waals surface area contributed by atoms with Crippen LogP contribution in [0.3, 0.4) is 0 Å². The topological polar surface area (TPSA) is 20.3 Å². The molecule has 0 aliphatic carbocycles. The number of hydrogen-bond donors (Lipinski definition) is 1. The number of thiol groups is 1. The Kier molecular flexibility index (Phi) is 2.89. The number of amides is 1. The Hall–Kier alpha value is -0.740. The molecule has 0 spiro atoms. The number of halogens is 2. The van der Waals surface area contributed by atoms with E-state index in [-0.39, 0.29) is 16.8 Å². The molecule has 1 aromatic carbocycles. The van der Waals surface area contributed by atoms with E-state index in [1.54, 1.807) is 6.07 Å². The number of carbonyl (C=O) groups is 1. The molecule has 2 rings (SSSR count). The average molecular weight is 246 g/mol. The first-order valence-corrected chi connectivity index (χ1v) is 5.41. The lowest BCUT2D eigenvalue weighted by molar-refractivity contribution is -0.117. The normalized spacial score (nSPS) is 21.1. The predicted molar refractivity (Wildman–Crippen MR) is 61.2 cm³/mol. The van der Waals surface area contributed by atoms with Crippen molar-refractivity contribution in [2.24, 2.45) is 0 Å². The lowest BCUT2D eigenvalue weighted by atomic mass is 10.3. The molecule has 0 aromatic heterocycles. The van der Waals surface area contributed by atoms with E-state index >= 15 is 0 Å². The van der Waals surface area contributed by atoms with Gasteiger partial charge in [0.15, 0.2) is 0 Å². The first kappa shape index (κ1) is 10.8. The van der Waals surface area contributed by atoms with E-state index in [9.17, 15) is 9.18 Å². The highest BCUT2D eigenvalue weighted by atomic mass is 35.5. The summed E-state index contributed by atoms with van der Waals surface area (Å²) in [6.45, 7) is 0.445. The van der Waals surface area contributed by atoms with Gasteiger partial charge in [0.25, 0.3) is 0 Å². The first-order chi connectivity index (χ1) is 7.08. The average Bonchev–Trinajstić information content (AvgIpc) is 2.45. The van der Waals surface area contributed by atoms with Gasteiger partial charge in [0.05, 0.1) is 5.69 Å². The van der Waals surface area contributed by atoms with Crippen LogP contribution in [0.25, 0.3) is 0 Å². The number of hydrogen-bond acceptors (Lipinski definition) is 2. The Labute approximate surface area is 97.4 Å². The minimum absolute atomic E-state index is 0.0208. The number of nitrogens with zero attached hydrogens (tertiary/aromatic N) is 1. The summed E-state index contributed by atoms with van der Waals surface area (Å²) in [7, 11) is 0. The van der Waals surface area contributed by atoms with E-state index in [1.807, 2.05) is 0 Å². The summed E-state index contributed by atoms with van der Waals surface area (Å²) in [6, 6.07) is 4.29. The largest absolute Gasteiger partial charge is 0.309 e. The van der Waals surface area contributed by atoms with Crippen LogP contribution < -0.4 is 4.90 Å². The monoisotopic (exact) mass is 245 g/mol. The van der Waals surface area contributed by atoms with Gasteiger partial charge >= 0.3 is 0 Å². The van der Waals surface area contributed by atoms with Gasteiger partial charge in [0, 0.05) is 23.2 Å². The van der Waals surface area contributed by atoms with Gasteiger partial charge in [-0.2, -0.15) is 12.6 Å². The van der Waals surface area contributed by atoms with Crippen LogP contribution in [0, 0.1) is 5.82 Å². The molecular weight excluding hydrogens is 237 g/mol. The molecule has 1 unspecified atom stereocenters. The Balaban J connectivity index is 2.34. The molecule has 0 radical (unpaired) electrons. The van der Waals surface area contributed by atoms with Crippen molar-refractivity contribution in [3.05, 3.63) is 29.0 Å². The summed E-state index contributed by atoms with van der Waals surface area (Å²) in [5.41, 5.74) is 0.279. The Bertz CT molecular complexity index is 412. The molecule has 1 aliphatic rings. The molecule has 1 aliphatic heterocycles. The summed E-state index contributed by atoms with van der Waals surface area (Å²) in [5.74, 6) is -0.575. The van der Waals surface area contributed by atoms with Crippen molar-refractivity contribution in [1.29, 1.82) is 0 Å². The van der Waals surface area contributed by atoms with Gasteiger partial charge in [0.2, 0.25) is 5.91 Å². The standard InChI is InChI=1S/C10H9ClFNOS/c11-6-1-2-9(8(12)3-6)13-5-7(15)4-10(13)14/h1-3,7,15H,4-5H2. The minimum Gasteiger partial charge on any atom is -0.309 e. The van der Waals surface area contributed by atoms with Crippen LogP contribution in [-0.2, 0) is 4.79 Å². The Morgan fingerprint density at radius 1 is 1.53 bits per heavy atom. The Morgan fingerprint density at radius 2 is 2.27 bits per heavy atom. The molecule has 15 heavy (non-hydrogen) atoms. The fourth-order valence-electron chi connectivity index (χ4n) is 1.62. The highest BCUT2D eigenvalue weighted by molar-refractivity contribution is 7.81. The minimum atomic E-state index is -0.474. The smallest absolute Gasteiger partial charge is 0.228 e. The summed E-state index contributed by atoms with van der Waals surface area (Å²) < 4.78 is 13.5. The van der Waals surface area contributed by atoms with Gasteiger partial charge in [-0.05, 0) is 18.2 Å². The van der Waals surface area contributed by atoms with Crippen LogP contribution in [-0.4, -0.2) is 17.7 Å². The van der Waals surface area contributed by atoms with Crippen LogP contribution in [0.1, 0.15) is 6.42 Å². The summed E-state index contributed by atoms with van der Waals surface area (Å²) in [6.07, 6.45) is 0.352. The summed E-state index contributed by atoms with van der Waals surface area (Å²) in [4.78, 5) is 12.9. The quantitative estimate of drug-likeness (QED) is 0.754. The van der Waals surface area contributed by atoms with Gasteiger partial charge < -0.3 is 4.90 Å². The molecular formula is C10H9ClFNOS. The molecule has 1 aromatic rings. The maximum absolute atomic E-state index is 13.5. The third-order valence-electron chi connectivity index (χ3n) is 2.31. The molecule has 1 atom stereocenters. The van der Waals surface area contributed by atoms with Gasteiger partial charge in [-0.1, -0.05) is 11.6 Å². The fourth-order valence-corrected chi connectivity index (χ4v) is 2.10. The maximum atomic E-state index is 13.5. The first-order valence-electron chi connectivity index (χ1n) is 4.51. The third kappa shape index (κ3) is 2.11. The molecule has 1 fully saturated rings. The van der Waals surface area contributed by atoms with E-state index in [1.165, 1.54) is 17.0 Å². The zero-order chi connectivity index (χ0) is 11.0. The fraction of sp³-hybridized carbons (Fsp3) is 0.300. The Morgan fingerprint density at radius 3 is 2.80 bits per heavy atom. The van der Waals surface area contributed by atoms with Crippen molar-refractivity contribution in [1.82, 2.24) is 0 Å². The highest BCUT2D eigenvalue weighted by Crippen LogP contribution is 2.28. The molecule has 1 heterocycles. The van der Waals surface area contributed by atoms with Crippen LogP contribution in [0.2, 0.25) is 5.02 Å². The zero-order valence-corrected chi connectivity index (χ0v) is 9.43. The summed E-state index contributed by atoms with van der Waals surface area (Å²) in [5, 5.41) is 0.304. The van der Waals surface area contributed by atoms with Gasteiger partial charge in [-0.15, -0.1) is 0 Å². The predicted octanol–water partition coefficient (Wildman–Crippen LogP) is 2.51. The SMILES string of the molecule is O=C1CC(S)CN1c1ccc(Cl)cc1F. The summed E-state index contributed by atoms with van der Waals surface area (Å²) >= 11 is 9.83. The zero-order valence-electron chi connectivity index (χ0n) is 7.78. The number of anilines is 1. The van der Waals surface area contributed by atoms with Crippen molar-refractivity contribution in [3.63, 3.8) is 0 Å². The van der Waals surface area contributed by atoms with Crippen LogP contribution >= 0.6 is 24.2 Å². The van der Waals surface area contributed by atoms with Crippen molar-refractivity contribution in [2.45, 2.75) is 11.7 Å². The molecule has 0 N–H and O–H groups in total. The van der Waals surface area contributed by atoms with Crippen molar-refractivity contribution >= 4 is 35.8 Å². The van der Waals surface area contributed by atoms with Crippen LogP contribution in [0.15, 0.2) is 18.2 Å². The van der Waals surface area contributed by atoms with Gasteiger partial charge in [-0.25, -0.2) is 4.39 Å². The van der Waals surface area contributed by atoms with E-state index < -0.39 is 5.82 Å². The maximum Gasteiger partial charge on any atom is 0.228 e. The van der Waals surface area contributed by atoms with Gasteiger partial charge in [-0.3, -0.25) is 4.79 Å². The molecule has 80 valence electrons. The molecule has 1 amide bonds. The van der Waals surface area contributed by atoms with Gasteiger partial charge in [0.1, 0.15) is 5.82 Å². The van der Waals surface area contributed by atoms with Crippen LogP contribution in [0.4, 0.5) is 10.1 Å². The lowest BCUT2D eigenvalue weighted by Gasteiger charge is -2.16. The molecule has 2 nitrogen and oxygen atoms in total. The second kappa shape index (κ2) is 4.02. The second-order valence-electron chi connectivity index (χ2n) is 3.46. The van der Waals surface area contributed by atoms with E-state index in [4.69, 9.17) is 11.6 Å². The third-order valence-corrected chi connectivity index (χ3v) is 2.89. The molecule has 0 bridgehead atoms. The van der Waals surface area contributed by atoms with Crippen molar-refractivity contribution in [3.8, 4) is 0 Å². The molecule has 0 saturated carbocycles. The number of carbonyl (C=O) groups excluding carboxylic acids is 1. The lowest BCUT2D eigenvalue weighted by Crippen LogP contribution is -2.25. The second-order valence-corrected chi connectivity index (χ2v) is 4.62. The molecule has 5 heteroatoms. The van der Waals surface area contributed by atoms with E-state index in [0.29, 0.717) is 18.0 Å². The highest BCUT2D eigenvalue weighted by Gasteiger charge is 2.29. The van der Waals surface area contributed by atoms with Crippen molar-refractivity contribution in [2.75, 3.05) is 11.4 Å².